The van der Waals surface area contributed by atoms with E-state index in [1.165, 1.54) is 5.56 Å². The molecule has 1 aromatic carbocycles. The molecule has 1 aromatic heterocycles. The minimum absolute atomic E-state index is 0.267. The summed E-state index contributed by atoms with van der Waals surface area (Å²) in [5.74, 6) is 1.76. The Hall–Kier alpha value is -1.94. The zero-order valence-corrected chi connectivity index (χ0v) is 12.7. The molecule has 0 saturated carbocycles. The zero-order valence-electron chi connectivity index (χ0n) is 11.9. The van der Waals surface area contributed by atoms with E-state index < -0.39 is 0 Å². The van der Waals surface area contributed by atoms with Gasteiger partial charge in [-0.2, -0.15) is 0 Å². The fraction of sp³-hybridized carbons (Fsp3) is 0.250. The van der Waals surface area contributed by atoms with Crippen molar-refractivity contribution in [3.8, 4) is 11.6 Å². The number of pyridine rings is 1. The van der Waals surface area contributed by atoms with Gasteiger partial charge in [-0.1, -0.05) is 44.3 Å². The van der Waals surface area contributed by atoms with E-state index in [0.717, 1.165) is 11.3 Å². The number of benzene rings is 1. The van der Waals surface area contributed by atoms with E-state index in [1.54, 1.807) is 12.1 Å². The Morgan fingerprint density at radius 2 is 2.00 bits per heavy atom. The molecule has 0 spiro atoms. The molecule has 20 heavy (non-hydrogen) atoms. The third kappa shape index (κ3) is 3.33. The predicted octanol–water partition coefficient (Wildman–Crippen LogP) is 3.94. The van der Waals surface area contributed by atoms with Crippen molar-refractivity contribution >= 4 is 17.2 Å². The molecule has 0 aliphatic carbocycles. The molecule has 4 heteroatoms. The lowest BCUT2D eigenvalue weighted by Crippen LogP contribution is -2.11. The van der Waals surface area contributed by atoms with Gasteiger partial charge in [0.05, 0.1) is 0 Å². The van der Waals surface area contributed by atoms with Gasteiger partial charge in [-0.05, 0) is 36.1 Å². The van der Waals surface area contributed by atoms with E-state index in [4.69, 9.17) is 22.7 Å². The molecule has 0 radical (unpaired) electrons. The van der Waals surface area contributed by atoms with Crippen molar-refractivity contribution in [1.82, 2.24) is 4.98 Å². The number of nitrogens with two attached hydrogens (primary N) is 1. The van der Waals surface area contributed by atoms with Crippen molar-refractivity contribution < 1.29 is 4.74 Å². The quantitative estimate of drug-likeness (QED) is 0.865. The molecule has 0 amide bonds. The molecule has 0 bridgehead atoms. The highest BCUT2D eigenvalue weighted by Crippen LogP contribution is 2.27. The number of aryl methyl sites for hydroxylation is 1. The van der Waals surface area contributed by atoms with Gasteiger partial charge in [0, 0.05) is 6.07 Å². The minimum atomic E-state index is 0.267. The number of nitrogens with zero attached hydrogens (tertiary/aromatic N) is 1. The van der Waals surface area contributed by atoms with Gasteiger partial charge in [0.1, 0.15) is 16.4 Å². The monoisotopic (exact) mass is 286 g/mol. The molecule has 2 rings (SSSR count). The smallest absolute Gasteiger partial charge is 0.219 e. The number of aromatic nitrogens is 1. The first-order valence-corrected chi connectivity index (χ1v) is 6.93. The summed E-state index contributed by atoms with van der Waals surface area (Å²) in [5.41, 5.74) is 8.45. The summed E-state index contributed by atoms with van der Waals surface area (Å²) >= 11 is 4.93. The van der Waals surface area contributed by atoms with Gasteiger partial charge in [0.2, 0.25) is 5.88 Å². The number of hydrogen-bond donors (Lipinski definition) is 1. The maximum Gasteiger partial charge on any atom is 0.219 e. The van der Waals surface area contributed by atoms with E-state index in [9.17, 15) is 0 Å². The molecule has 0 aliphatic rings. The molecule has 0 fully saturated rings. The van der Waals surface area contributed by atoms with Gasteiger partial charge in [0.15, 0.2) is 0 Å². The van der Waals surface area contributed by atoms with Crippen LogP contribution in [0.25, 0.3) is 0 Å². The topological polar surface area (TPSA) is 48.1 Å². The maximum atomic E-state index is 5.86. The molecule has 0 saturated heterocycles. The average molecular weight is 286 g/mol. The maximum absolute atomic E-state index is 5.86. The molecule has 1 heterocycles. The van der Waals surface area contributed by atoms with Crippen LogP contribution in [0.4, 0.5) is 0 Å². The third-order valence-corrected chi connectivity index (χ3v) is 3.28. The Labute approximate surface area is 124 Å². The summed E-state index contributed by atoms with van der Waals surface area (Å²) in [6.07, 6.45) is 0. The van der Waals surface area contributed by atoms with Crippen molar-refractivity contribution in [3.63, 3.8) is 0 Å². The van der Waals surface area contributed by atoms with Crippen LogP contribution < -0.4 is 10.5 Å². The van der Waals surface area contributed by atoms with Crippen LogP contribution in [0.2, 0.25) is 0 Å². The lowest BCUT2D eigenvalue weighted by molar-refractivity contribution is 0.458. The van der Waals surface area contributed by atoms with Crippen molar-refractivity contribution in [1.29, 1.82) is 0 Å². The van der Waals surface area contributed by atoms with Crippen LogP contribution in [0.3, 0.4) is 0 Å². The highest BCUT2D eigenvalue weighted by atomic mass is 32.1. The van der Waals surface area contributed by atoms with Crippen molar-refractivity contribution in [2.45, 2.75) is 26.7 Å². The van der Waals surface area contributed by atoms with Gasteiger partial charge < -0.3 is 10.5 Å². The molecular formula is C16H18N2OS. The SMILES string of the molecule is Cc1ccc(C(C)C)cc1Oc1cccc(C(N)=S)n1. The fourth-order valence-electron chi connectivity index (χ4n) is 1.81. The van der Waals surface area contributed by atoms with Crippen LogP contribution in [-0.4, -0.2) is 9.97 Å². The molecule has 0 atom stereocenters. The van der Waals surface area contributed by atoms with E-state index in [1.807, 2.05) is 13.0 Å². The minimum Gasteiger partial charge on any atom is -0.439 e. The van der Waals surface area contributed by atoms with E-state index in [0.29, 0.717) is 17.5 Å². The van der Waals surface area contributed by atoms with Crippen LogP contribution >= 0.6 is 12.2 Å². The Bertz CT molecular complexity index is 638. The second kappa shape index (κ2) is 6.01. The number of hydrogen-bond acceptors (Lipinski definition) is 3. The molecule has 2 N–H and O–H groups in total. The third-order valence-electron chi connectivity index (χ3n) is 3.07. The lowest BCUT2D eigenvalue weighted by atomic mass is 10.0. The highest BCUT2D eigenvalue weighted by molar-refractivity contribution is 7.80. The predicted molar refractivity (Wildman–Crippen MR) is 85.5 cm³/mol. The number of ether oxygens (including phenoxy) is 1. The first-order valence-electron chi connectivity index (χ1n) is 6.52. The molecule has 2 aromatic rings. The molecule has 0 unspecified atom stereocenters. The van der Waals surface area contributed by atoms with Crippen LogP contribution in [0.15, 0.2) is 36.4 Å². The summed E-state index contributed by atoms with van der Waals surface area (Å²) in [6, 6.07) is 11.6. The zero-order chi connectivity index (χ0) is 14.7. The average Bonchev–Trinajstić information content (AvgIpc) is 2.41. The summed E-state index contributed by atoms with van der Waals surface area (Å²) in [6.45, 7) is 6.32. The van der Waals surface area contributed by atoms with E-state index in [-0.39, 0.29) is 4.99 Å². The molecular weight excluding hydrogens is 268 g/mol. The second-order valence-electron chi connectivity index (χ2n) is 5.01. The van der Waals surface area contributed by atoms with Gasteiger partial charge in [-0.15, -0.1) is 0 Å². The van der Waals surface area contributed by atoms with Crippen LogP contribution in [0, 0.1) is 6.92 Å². The van der Waals surface area contributed by atoms with Crippen LogP contribution in [0.1, 0.15) is 36.6 Å². The van der Waals surface area contributed by atoms with Gasteiger partial charge in [0.25, 0.3) is 0 Å². The van der Waals surface area contributed by atoms with Crippen LogP contribution in [0.5, 0.6) is 11.6 Å². The van der Waals surface area contributed by atoms with Crippen molar-refractivity contribution in [3.05, 3.63) is 53.2 Å². The normalized spacial score (nSPS) is 10.6. The first kappa shape index (κ1) is 14.5. The Morgan fingerprint density at radius 3 is 2.65 bits per heavy atom. The summed E-state index contributed by atoms with van der Waals surface area (Å²) < 4.78 is 5.86. The fourth-order valence-corrected chi connectivity index (χ4v) is 1.92. The van der Waals surface area contributed by atoms with E-state index >= 15 is 0 Å². The number of thiocarbonyl (C=S) groups is 1. The highest BCUT2D eigenvalue weighted by Gasteiger charge is 2.07. The van der Waals surface area contributed by atoms with Gasteiger partial charge in [-0.25, -0.2) is 4.98 Å². The summed E-state index contributed by atoms with van der Waals surface area (Å²) in [4.78, 5) is 4.56. The second-order valence-corrected chi connectivity index (χ2v) is 5.45. The van der Waals surface area contributed by atoms with Crippen molar-refractivity contribution in [2.24, 2.45) is 5.73 Å². The van der Waals surface area contributed by atoms with E-state index in [2.05, 4.69) is 37.0 Å². The summed E-state index contributed by atoms with van der Waals surface area (Å²) in [7, 11) is 0. The van der Waals surface area contributed by atoms with Crippen molar-refractivity contribution in [2.75, 3.05) is 0 Å². The molecule has 104 valence electrons. The Kier molecular flexibility index (Phi) is 4.35. The Morgan fingerprint density at radius 1 is 1.25 bits per heavy atom. The Balaban J connectivity index is 2.32. The summed E-state index contributed by atoms with van der Waals surface area (Å²) in [5, 5.41) is 0. The molecule has 0 aliphatic heterocycles. The van der Waals surface area contributed by atoms with Gasteiger partial charge >= 0.3 is 0 Å². The molecule has 3 nitrogen and oxygen atoms in total. The van der Waals surface area contributed by atoms with Gasteiger partial charge in [-0.3, -0.25) is 0 Å². The standard InChI is InChI=1S/C16H18N2OS/c1-10(2)12-8-7-11(3)14(9-12)19-15-6-4-5-13(18-15)16(17)20/h4-10H,1-3H3,(H2,17,20). The lowest BCUT2D eigenvalue weighted by Gasteiger charge is -2.12. The largest absolute Gasteiger partial charge is 0.439 e. The first-order chi connectivity index (χ1) is 9.47. The van der Waals surface area contributed by atoms with Crippen LogP contribution in [-0.2, 0) is 0 Å². The number of rotatable bonds is 4.